The van der Waals surface area contributed by atoms with Gasteiger partial charge in [0.05, 0.1) is 15.6 Å². The number of anilines is 1. The van der Waals surface area contributed by atoms with Crippen molar-refractivity contribution in [3.05, 3.63) is 58.6 Å². The lowest BCUT2D eigenvalue weighted by molar-refractivity contribution is 0.439. The average molecular weight is 305 g/mol. The van der Waals surface area contributed by atoms with Crippen molar-refractivity contribution < 1.29 is 4.52 Å². The molecule has 1 aromatic heterocycles. The van der Waals surface area contributed by atoms with E-state index >= 15 is 0 Å². The summed E-state index contributed by atoms with van der Waals surface area (Å²) in [5.74, 6) is 0.275. The molecule has 0 saturated carbocycles. The molecule has 0 unspecified atom stereocenters. The second-order valence-corrected chi connectivity index (χ2v) is 5.08. The molecule has 5 heteroatoms. The van der Waals surface area contributed by atoms with E-state index in [1.54, 1.807) is 12.1 Å². The van der Waals surface area contributed by atoms with Gasteiger partial charge < -0.3 is 10.3 Å². The van der Waals surface area contributed by atoms with E-state index in [2.05, 4.69) is 5.16 Å². The quantitative estimate of drug-likeness (QED) is 0.732. The highest BCUT2D eigenvalue weighted by atomic mass is 35.5. The van der Waals surface area contributed by atoms with Crippen LogP contribution >= 0.6 is 23.2 Å². The number of halogens is 2. The van der Waals surface area contributed by atoms with E-state index in [0.29, 0.717) is 15.7 Å². The van der Waals surface area contributed by atoms with Crippen LogP contribution in [0.3, 0.4) is 0 Å². The van der Waals surface area contributed by atoms with Crippen LogP contribution in [0.4, 0.5) is 5.88 Å². The minimum absolute atomic E-state index is 0.275. The fraction of sp³-hybridized carbons (Fsp3) is 0. The number of nitrogens with zero attached hydrogens (tertiary/aromatic N) is 1. The molecule has 0 bridgehead atoms. The van der Waals surface area contributed by atoms with Gasteiger partial charge in [-0.2, -0.15) is 0 Å². The number of benzene rings is 2. The Morgan fingerprint density at radius 3 is 2.35 bits per heavy atom. The highest BCUT2D eigenvalue weighted by Gasteiger charge is 2.17. The molecule has 2 aromatic carbocycles. The molecule has 0 fully saturated rings. The summed E-state index contributed by atoms with van der Waals surface area (Å²) in [4.78, 5) is 0. The van der Waals surface area contributed by atoms with Gasteiger partial charge in [0.25, 0.3) is 0 Å². The molecule has 20 heavy (non-hydrogen) atoms. The first-order valence-electron chi connectivity index (χ1n) is 5.93. The second kappa shape index (κ2) is 5.19. The normalized spacial score (nSPS) is 10.7. The maximum atomic E-state index is 6.05. The van der Waals surface area contributed by atoms with Crippen molar-refractivity contribution in [1.82, 2.24) is 5.16 Å². The predicted octanol–water partition coefficient (Wildman–Crippen LogP) is 4.90. The van der Waals surface area contributed by atoms with Crippen LogP contribution < -0.4 is 5.73 Å². The van der Waals surface area contributed by atoms with Crippen LogP contribution in [0.2, 0.25) is 10.0 Å². The summed E-state index contributed by atoms with van der Waals surface area (Å²) in [5, 5.41) is 4.99. The topological polar surface area (TPSA) is 52.0 Å². The lowest BCUT2D eigenvalue weighted by Crippen LogP contribution is -1.87. The zero-order chi connectivity index (χ0) is 14.1. The summed E-state index contributed by atoms with van der Waals surface area (Å²) in [5.41, 5.74) is 9.03. The van der Waals surface area contributed by atoms with E-state index < -0.39 is 0 Å². The molecule has 0 saturated heterocycles. The van der Waals surface area contributed by atoms with E-state index in [1.165, 1.54) is 0 Å². The summed E-state index contributed by atoms with van der Waals surface area (Å²) in [7, 11) is 0. The van der Waals surface area contributed by atoms with Crippen molar-refractivity contribution in [3.63, 3.8) is 0 Å². The third-order valence-electron chi connectivity index (χ3n) is 2.97. The largest absolute Gasteiger partial charge is 0.367 e. The molecule has 2 N–H and O–H groups in total. The summed E-state index contributed by atoms with van der Waals surface area (Å²) >= 11 is 12.0. The Kier molecular flexibility index (Phi) is 3.38. The molecule has 3 rings (SSSR count). The Labute approximate surface area is 125 Å². The summed E-state index contributed by atoms with van der Waals surface area (Å²) in [6.45, 7) is 0. The lowest BCUT2D eigenvalue weighted by atomic mass is 10.0. The Balaban J connectivity index is 2.18. The van der Waals surface area contributed by atoms with Crippen LogP contribution in [0.25, 0.3) is 22.4 Å². The summed E-state index contributed by atoms with van der Waals surface area (Å²) in [6, 6.07) is 15.0. The molecular formula is C15H10Cl2N2O. The first-order chi connectivity index (χ1) is 9.66. The van der Waals surface area contributed by atoms with E-state index in [0.717, 1.165) is 16.7 Å². The van der Waals surface area contributed by atoms with Gasteiger partial charge in [0.1, 0.15) is 5.69 Å². The van der Waals surface area contributed by atoms with Crippen molar-refractivity contribution in [2.24, 2.45) is 0 Å². The standard InChI is InChI=1S/C15H10Cl2N2O/c16-11-7-6-10(8-12(11)17)14-13(15(18)20-19-14)9-4-2-1-3-5-9/h1-8H,18H2. The van der Waals surface area contributed by atoms with Gasteiger partial charge in [-0.3, -0.25) is 0 Å². The average Bonchev–Trinajstić information content (AvgIpc) is 2.85. The SMILES string of the molecule is Nc1onc(-c2ccc(Cl)c(Cl)c2)c1-c1ccccc1. The molecule has 100 valence electrons. The highest BCUT2D eigenvalue weighted by molar-refractivity contribution is 6.42. The fourth-order valence-corrected chi connectivity index (χ4v) is 2.33. The number of nitrogen functional groups attached to an aromatic ring is 1. The third kappa shape index (κ3) is 2.26. The Morgan fingerprint density at radius 1 is 0.900 bits per heavy atom. The number of hydrogen-bond acceptors (Lipinski definition) is 3. The van der Waals surface area contributed by atoms with Crippen molar-refractivity contribution in [2.45, 2.75) is 0 Å². The molecule has 0 radical (unpaired) electrons. The monoisotopic (exact) mass is 304 g/mol. The molecule has 0 amide bonds. The van der Waals surface area contributed by atoms with Gasteiger partial charge in [0.15, 0.2) is 0 Å². The molecule has 3 nitrogen and oxygen atoms in total. The van der Waals surface area contributed by atoms with Crippen molar-refractivity contribution in [1.29, 1.82) is 0 Å². The lowest BCUT2D eigenvalue weighted by Gasteiger charge is -2.04. The number of hydrogen-bond donors (Lipinski definition) is 1. The van der Waals surface area contributed by atoms with Gasteiger partial charge in [-0.15, -0.1) is 0 Å². The first kappa shape index (κ1) is 13.0. The minimum Gasteiger partial charge on any atom is -0.367 e. The van der Waals surface area contributed by atoms with Crippen LogP contribution in [0, 0.1) is 0 Å². The Bertz CT molecular complexity index is 754. The molecular weight excluding hydrogens is 295 g/mol. The minimum atomic E-state index is 0.275. The van der Waals surface area contributed by atoms with Crippen LogP contribution in [-0.2, 0) is 0 Å². The molecule has 0 spiro atoms. The second-order valence-electron chi connectivity index (χ2n) is 4.27. The van der Waals surface area contributed by atoms with Gasteiger partial charge in [0.2, 0.25) is 5.88 Å². The number of rotatable bonds is 2. The molecule has 1 heterocycles. The van der Waals surface area contributed by atoms with Crippen molar-refractivity contribution in [2.75, 3.05) is 5.73 Å². The number of aromatic nitrogens is 1. The van der Waals surface area contributed by atoms with Gasteiger partial charge >= 0.3 is 0 Å². The first-order valence-corrected chi connectivity index (χ1v) is 6.68. The maximum absolute atomic E-state index is 6.05. The van der Waals surface area contributed by atoms with E-state index in [9.17, 15) is 0 Å². The van der Waals surface area contributed by atoms with Gasteiger partial charge in [0, 0.05) is 5.56 Å². The van der Waals surface area contributed by atoms with E-state index in [1.807, 2.05) is 36.4 Å². The van der Waals surface area contributed by atoms with Crippen LogP contribution in [-0.4, -0.2) is 5.16 Å². The van der Waals surface area contributed by atoms with Gasteiger partial charge in [-0.25, -0.2) is 0 Å². The van der Waals surface area contributed by atoms with E-state index in [-0.39, 0.29) is 5.88 Å². The maximum Gasteiger partial charge on any atom is 0.230 e. The number of nitrogens with two attached hydrogens (primary N) is 1. The predicted molar refractivity (Wildman–Crippen MR) is 81.8 cm³/mol. The molecule has 0 aliphatic heterocycles. The Morgan fingerprint density at radius 2 is 1.65 bits per heavy atom. The summed E-state index contributed by atoms with van der Waals surface area (Å²) < 4.78 is 5.13. The van der Waals surface area contributed by atoms with Crippen LogP contribution in [0.1, 0.15) is 0 Å². The molecule has 0 aliphatic carbocycles. The smallest absolute Gasteiger partial charge is 0.230 e. The zero-order valence-electron chi connectivity index (χ0n) is 10.3. The molecule has 0 aliphatic rings. The Hall–Kier alpha value is -1.97. The zero-order valence-corrected chi connectivity index (χ0v) is 11.8. The molecule has 0 atom stereocenters. The van der Waals surface area contributed by atoms with E-state index in [4.69, 9.17) is 33.5 Å². The third-order valence-corrected chi connectivity index (χ3v) is 3.71. The highest BCUT2D eigenvalue weighted by Crippen LogP contribution is 2.37. The van der Waals surface area contributed by atoms with Crippen LogP contribution in [0.5, 0.6) is 0 Å². The van der Waals surface area contributed by atoms with Crippen molar-refractivity contribution in [3.8, 4) is 22.4 Å². The molecule has 3 aromatic rings. The summed E-state index contributed by atoms with van der Waals surface area (Å²) in [6.07, 6.45) is 0. The van der Waals surface area contributed by atoms with Crippen LogP contribution in [0.15, 0.2) is 53.1 Å². The van der Waals surface area contributed by atoms with Crippen molar-refractivity contribution >= 4 is 29.1 Å². The van der Waals surface area contributed by atoms with Gasteiger partial charge in [-0.1, -0.05) is 64.8 Å². The fourth-order valence-electron chi connectivity index (χ4n) is 2.03. The van der Waals surface area contributed by atoms with Gasteiger partial charge in [-0.05, 0) is 17.7 Å².